The zero-order valence-electron chi connectivity index (χ0n) is 10.5. The highest BCUT2D eigenvalue weighted by atomic mass is 19.1. The fourth-order valence-electron chi connectivity index (χ4n) is 2.22. The molecule has 0 fully saturated rings. The van der Waals surface area contributed by atoms with E-state index < -0.39 is 17.8 Å². The number of amides is 1. The van der Waals surface area contributed by atoms with Crippen LogP contribution in [0.3, 0.4) is 0 Å². The Labute approximate surface area is 116 Å². The summed E-state index contributed by atoms with van der Waals surface area (Å²) in [4.78, 5) is 29.1. The average Bonchev–Trinajstić information content (AvgIpc) is 3.04. The van der Waals surface area contributed by atoms with E-state index in [9.17, 15) is 14.0 Å². The molecule has 7 nitrogen and oxygen atoms in total. The van der Waals surface area contributed by atoms with Crippen molar-refractivity contribution in [2.75, 3.05) is 0 Å². The van der Waals surface area contributed by atoms with Gasteiger partial charge in [-0.2, -0.15) is 0 Å². The van der Waals surface area contributed by atoms with E-state index in [1.807, 2.05) is 0 Å². The maximum absolute atomic E-state index is 14.1. The summed E-state index contributed by atoms with van der Waals surface area (Å²) in [6.45, 7) is 0. The van der Waals surface area contributed by atoms with Gasteiger partial charge in [-0.15, -0.1) is 0 Å². The number of hydrogen-bond donors (Lipinski definition) is 3. The Morgan fingerprint density at radius 2 is 2.19 bits per heavy atom. The molecular formula is C13H9FN4O3. The van der Waals surface area contributed by atoms with E-state index in [1.165, 1.54) is 12.3 Å². The van der Waals surface area contributed by atoms with Crippen LogP contribution in [0.4, 0.5) is 9.18 Å². The number of nitrogens with two attached hydrogens (primary N) is 1. The number of carbonyl (C=O) groups is 2. The molecule has 3 rings (SSSR count). The molecule has 0 unspecified atom stereocenters. The number of pyridine rings is 1. The zero-order chi connectivity index (χ0) is 15.1. The van der Waals surface area contributed by atoms with Gasteiger partial charge in [-0.1, -0.05) is 0 Å². The molecule has 0 aromatic carbocycles. The SMILES string of the molecule is NC(=O)n1cc(-c2c(F)cnc3[nH]ccc23)cc1C(=O)O. The molecule has 0 saturated carbocycles. The number of carboxylic acids is 1. The molecule has 0 radical (unpaired) electrons. The van der Waals surface area contributed by atoms with E-state index in [1.54, 1.807) is 12.3 Å². The summed E-state index contributed by atoms with van der Waals surface area (Å²) >= 11 is 0. The topological polar surface area (TPSA) is 114 Å². The molecule has 3 aromatic rings. The molecule has 0 atom stereocenters. The highest BCUT2D eigenvalue weighted by Crippen LogP contribution is 2.31. The third-order valence-electron chi connectivity index (χ3n) is 3.11. The van der Waals surface area contributed by atoms with Crippen LogP contribution in [0.25, 0.3) is 22.2 Å². The lowest BCUT2D eigenvalue weighted by atomic mass is 10.1. The Balaban J connectivity index is 2.31. The summed E-state index contributed by atoms with van der Waals surface area (Å²) in [5.41, 5.74) is 5.63. The van der Waals surface area contributed by atoms with Gasteiger partial charge in [-0.25, -0.2) is 19.0 Å². The van der Waals surface area contributed by atoms with Gasteiger partial charge in [0.15, 0.2) is 0 Å². The van der Waals surface area contributed by atoms with Gasteiger partial charge < -0.3 is 15.8 Å². The van der Waals surface area contributed by atoms with Gasteiger partial charge in [-0.05, 0) is 12.1 Å². The number of hydrogen-bond acceptors (Lipinski definition) is 3. The molecule has 0 aliphatic heterocycles. The number of aromatic carboxylic acids is 1. The maximum Gasteiger partial charge on any atom is 0.353 e. The van der Waals surface area contributed by atoms with Crippen molar-refractivity contribution < 1.29 is 19.1 Å². The van der Waals surface area contributed by atoms with Crippen LogP contribution < -0.4 is 5.73 Å². The van der Waals surface area contributed by atoms with Gasteiger partial charge in [0.1, 0.15) is 17.2 Å². The first-order valence-corrected chi connectivity index (χ1v) is 5.86. The molecule has 0 spiro atoms. The Morgan fingerprint density at radius 3 is 2.81 bits per heavy atom. The van der Waals surface area contributed by atoms with Crippen molar-refractivity contribution in [3.8, 4) is 11.1 Å². The molecule has 4 N–H and O–H groups in total. The average molecular weight is 288 g/mol. The van der Waals surface area contributed by atoms with E-state index in [2.05, 4.69) is 9.97 Å². The van der Waals surface area contributed by atoms with Crippen LogP contribution >= 0.6 is 0 Å². The second kappa shape index (κ2) is 4.44. The van der Waals surface area contributed by atoms with Crippen LogP contribution in [-0.2, 0) is 0 Å². The van der Waals surface area contributed by atoms with Gasteiger partial charge in [0.05, 0.1) is 6.20 Å². The molecule has 106 valence electrons. The number of H-pyrrole nitrogens is 1. The minimum atomic E-state index is -1.33. The zero-order valence-corrected chi connectivity index (χ0v) is 10.5. The van der Waals surface area contributed by atoms with Gasteiger partial charge in [0, 0.05) is 28.9 Å². The lowest BCUT2D eigenvalue weighted by Crippen LogP contribution is -2.22. The number of primary amides is 1. The number of rotatable bonds is 2. The number of nitrogens with zero attached hydrogens (tertiary/aromatic N) is 2. The number of aromatic nitrogens is 3. The first kappa shape index (κ1) is 12.9. The Bertz CT molecular complexity index is 849. The van der Waals surface area contributed by atoms with Crippen molar-refractivity contribution in [3.05, 3.63) is 42.2 Å². The number of halogens is 1. The Hall–Kier alpha value is -3.16. The van der Waals surface area contributed by atoms with Crippen LogP contribution in [-0.4, -0.2) is 31.6 Å². The highest BCUT2D eigenvalue weighted by molar-refractivity contribution is 5.98. The van der Waals surface area contributed by atoms with Crippen molar-refractivity contribution in [2.45, 2.75) is 0 Å². The minimum absolute atomic E-state index is 0.156. The second-order valence-corrected chi connectivity index (χ2v) is 4.35. The van der Waals surface area contributed by atoms with Crippen LogP contribution in [0.2, 0.25) is 0 Å². The fraction of sp³-hybridized carbons (Fsp3) is 0. The largest absolute Gasteiger partial charge is 0.477 e. The first-order valence-electron chi connectivity index (χ1n) is 5.86. The predicted octanol–water partition coefficient (Wildman–Crippen LogP) is 1.80. The number of carbonyl (C=O) groups excluding carboxylic acids is 1. The van der Waals surface area contributed by atoms with Crippen molar-refractivity contribution >= 4 is 23.0 Å². The Kier molecular flexibility index (Phi) is 2.72. The molecular weight excluding hydrogens is 279 g/mol. The summed E-state index contributed by atoms with van der Waals surface area (Å²) in [7, 11) is 0. The minimum Gasteiger partial charge on any atom is -0.477 e. The van der Waals surface area contributed by atoms with Gasteiger partial charge >= 0.3 is 12.0 Å². The third-order valence-corrected chi connectivity index (χ3v) is 3.11. The van der Waals surface area contributed by atoms with E-state index in [-0.39, 0.29) is 16.8 Å². The summed E-state index contributed by atoms with van der Waals surface area (Å²) in [5.74, 6) is -1.96. The van der Waals surface area contributed by atoms with Gasteiger partial charge in [0.25, 0.3) is 0 Å². The summed E-state index contributed by atoms with van der Waals surface area (Å²) in [6.07, 6.45) is 3.80. The van der Waals surface area contributed by atoms with Crippen LogP contribution in [0.5, 0.6) is 0 Å². The number of fused-ring (bicyclic) bond motifs is 1. The van der Waals surface area contributed by atoms with E-state index in [0.29, 0.717) is 11.0 Å². The van der Waals surface area contributed by atoms with Crippen LogP contribution in [0.15, 0.2) is 30.7 Å². The molecule has 21 heavy (non-hydrogen) atoms. The van der Waals surface area contributed by atoms with Crippen molar-refractivity contribution in [1.82, 2.24) is 14.5 Å². The second-order valence-electron chi connectivity index (χ2n) is 4.35. The highest BCUT2D eigenvalue weighted by Gasteiger charge is 2.20. The molecule has 3 aromatic heterocycles. The van der Waals surface area contributed by atoms with Crippen LogP contribution in [0.1, 0.15) is 10.5 Å². The van der Waals surface area contributed by atoms with Crippen molar-refractivity contribution in [3.63, 3.8) is 0 Å². The number of aromatic amines is 1. The number of carboxylic acid groups (broad SMARTS) is 1. The standard InChI is InChI=1S/C13H9FN4O3/c14-8-4-17-11-7(1-2-16-11)10(8)6-3-9(12(19)20)18(5-6)13(15)21/h1-5H,(H2,15,21)(H,16,17)(H,19,20). The van der Waals surface area contributed by atoms with E-state index in [0.717, 1.165) is 10.8 Å². The van der Waals surface area contributed by atoms with E-state index >= 15 is 0 Å². The van der Waals surface area contributed by atoms with Gasteiger partial charge in [-0.3, -0.25) is 4.57 Å². The summed E-state index contributed by atoms with van der Waals surface area (Å²) < 4.78 is 14.8. The molecule has 0 aliphatic rings. The summed E-state index contributed by atoms with van der Waals surface area (Å²) in [5, 5.41) is 9.56. The van der Waals surface area contributed by atoms with Gasteiger partial charge in [0.2, 0.25) is 0 Å². The maximum atomic E-state index is 14.1. The molecule has 1 amide bonds. The van der Waals surface area contributed by atoms with Crippen LogP contribution in [0, 0.1) is 5.82 Å². The monoisotopic (exact) mass is 288 g/mol. The third kappa shape index (κ3) is 1.93. The molecule has 8 heteroatoms. The number of nitrogens with one attached hydrogen (secondary N) is 1. The smallest absolute Gasteiger partial charge is 0.353 e. The summed E-state index contributed by atoms with van der Waals surface area (Å²) in [6, 6.07) is 1.85. The van der Waals surface area contributed by atoms with E-state index in [4.69, 9.17) is 10.8 Å². The normalized spacial score (nSPS) is 10.9. The first-order chi connectivity index (χ1) is 9.99. The predicted molar refractivity (Wildman–Crippen MR) is 71.4 cm³/mol. The molecule has 0 bridgehead atoms. The van der Waals surface area contributed by atoms with Crippen molar-refractivity contribution in [1.29, 1.82) is 0 Å². The fourth-order valence-corrected chi connectivity index (χ4v) is 2.22. The molecule has 0 saturated heterocycles. The quantitative estimate of drug-likeness (QED) is 0.667. The molecule has 3 heterocycles. The van der Waals surface area contributed by atoms with Crippen molar-refractivity contribution in [2.24, 2.45) is 5.73 Å². The molecule has 0 aliphatic carbocycles. The lowest BCUT2D eigenvalue weighted by Gasteiger charge is -2.02. The lowest BCUT2D eigenvalue weighted by molar-refractivity contribution is 0.0687. The Morgan fingerprint density at radius 1 is 1.43 bits per heavy atom.